The Labute approximate surface area is 147 Å². The molecule has 0 amide bonds. The average molecular weight is 343 g/mol. The maximum Gasteiger partial charge on any atom is 0.0746 e. The molecule has 24 heavy (non-hydrogen) atoms. The van der Waals surface area contributed by atoms with E-state index in [9.17, 15) is 5.11 Å². The van der Waals surface area contributed by atoms with Gasteiger partial charge in [0.25, 0.3) is 0 Å². The van der Waals surface area contributed by atoms with Gasteiger partial charge in [0.2, 0.25) is 0 Å². The van der Waals surface area contributed by atoms with Crippen LogP contribution in [-0.4, -0.2) is 91.1 Å². The highest BCUT2D eigenvalue weighted by Crippen LogP contribution is 2.17. The number of β-amino-alcohol motifs (C(OH)–C–C–N with tert-alkyl or cyclic N) is 1. The largest absolute Gasteiger partial charge is 0.392 e. The van der Waals surface area contributed by atoms with E-state index in [2.05, 4.69) is 35.9 Å². The molecule has 0 aromatic carbocycles. The number of aliphatic hydroxyl groups excluding tert-OH is 1. The van der Waals surface area contributed by atoms with Crippen molar-refractivity contribution in [2.24, 2.45) is 5.73 Å². The molecule has 6 heteroatoms. The van der Waals surface area contributed by atoms with Crippen molar-refractivity contribution in [3.8, 4) is 0 Å². The number of nitrogens with zero attached hydrogens (tertiary/aromatic N) is 2. The molecule has 2 saturated heterocycles. The Bertz CT molecular complexity index is 369. The fourth-order valence-electron chi connectivity index (χ4n) is 4.03. The maximum atomic E-state index is 10.1. The molecule has 2 heterocycles. The predicted molar refractivity (Wildman–Crippen MR) is 98.2 cm³/mol. The van der Waals surface area contributed by atoms with Crippen LogP contribution in [0.2, 0.25) is 0 Å². The standard InChI is InChI=1S/C18H38N4O2/c1-13(2)22-10-15(9-16(23)11-22)20-7-5-14(3)21-8-6-18(24-4)17(19)12-21/h13-18,20,23H,5-12,19H2,1-4H3. The zero-order valence-corrected chi connectivity index (χ0v) is 15.9. The minimum absolute atomic E-state index is 0.118. The molecule has 0 aliphatic carbocycles. The lowest BCUT2D eigenvalue weighted by atomic mass is 9.99. The van der Waals surface area contributed by atoms with Crippen molar-refractivity contribution in [2.75, 3.05) is 39.8 Å². The van der Waals surface area contributed by atoms with Crippen LogP contribution in [0.4, 0.5) is 0 Å². The highest BCUT2D eigenvalue weighted by Gasteiger charge is 2.29. The van der Waals surface area contributed by atoms with Gasteiger partial charge in [-0.2, -0.15) is 0 Å². The van der Waals surface area contributed by atoms with Gasteiger partial charge in [0.1, 0.15) is 0 Å². The summed E-state index contributed by atoms with van der Waals surface area (Å²) < 4.78 is 5.44. The Balaban J connectivity index is 1.69. The number of piperidine rings is 2. The summed E-state index contributed by atoms with van der Waals surface area (Å²) in [7, 11) is 1.76. The van der Waals surface area contributed by atoms with Gasteiger partial charge < -0.3 is 20.9 Å². The molecule has 2 rings (SSSR count). The van der Waals surface area contributed by atoms with Crippen LogP contribution in [0, 0.1) is 0 Å². The van der Waals surface area contributed by atoms with Gasteiger partial charge in [0.05, 0.1) is 12.2 Å². The SMILES string of the molecule is COC1CCN(C(C)CCNC2CC(O)CN(C(C)C)C2)CC1N. The minimum atomic E-state index is -0.206. The molecule has 0 radical (unpaired) electrons. The van der Waals surface area contributed by atoms with Crippen LogP contribution in [0.3, 0.4) is 0 Å². The van der Waals surface area contributed by atoms with Gasteiger partial charge in [-0.05, 0) is 46.6 Å². The molecule has 5 unspecified atom stereocenters. The first-order valence-corrected chi connectivity index (χ1v) is 9.58. The first-order chi connectivity index (χ1) is 11.4. The summed E-state index contributed by atoms with van der Waals surface area (Å²) in [6.07, 6.45) is 2.99. The molecule has 0 bridgehead atoms. The lowest BCUT2D eigenvalue weighted by Crippen LogP contribution is -2.55. The van der Waals surface area contributed by atoms with Gasteiger partial charge in [0.15, 0.2) is 0 Å². The maximum absolute atomic E-state index is 10.1. The second-order valence-electron chi connectivity index (χ2n) is 7.95. The van der Waals surface area contributed by atoms with Crippen LogP contribution < -0.4 is 11.1 Å². The molecule has 5 atom stereocenters. The molecule has 0 aromatic rings. The van der Waals surface area contributed by atoms with E-state index in [1.807, 2.05) is 0 Å². The van der Waals surface area contributed by atoms with Gasteiger partial charge in [-0.1, -0.05) is 0 Å². The van der Waals surface area contributed by atoms with Crippen LogP contribution >= 0.6 is 0 Å². The van der Waals surface area contributed by atoms with Gasteiger partial charge >= 0.3 is 0 Å². The molecule has 0 saturated carbocycles. The summed E-state index contributed by atoms with van der Waals surface area (Å²) >= 11 is 0. The fraction of sp³-hybridized carbons (Fsp3) is 1.00. The molecular formula is C18H38N4O2. The van der Waals surface area contributed by atoms with E-state index in [4.69, 9.17) is 10.5 Å². The molecular weight excluding hydrogens is 304 g/mol. The fourth-order valence-corrected chi connectivity index (χ4v) is 4.03. The second-order valence-corrected chi connectivity index (χ2v) is 7.95. The number of rotatable bonds is 7. The van der Waals surface area contributed by atoms with Gasteiger partial charge in [-0.15, -0.1) is 0 Å². The predicted octanol–water partition coefficient (Wildman–Crippen LogP) is 0.246. The summed E-state index contributed by atoms with van der Waals surface area (Å²) in [6, 6.07) is 1.53. The topological polar surface area (TPSA) is 74.0 Å². The number of likely N-dealkylation sites (tertiary alicyclic amines) is 2. The molecule has 142 valence electrons. The molecule has 6 nitrogen and oxygen atoms in total. The highest BCUT2D eigenvalue weighted by atomic mass is 16.5. The third-order valence-corrected chi connectivity index (χ3v) is 5.73. The third-order valence-electron chi connectivity index (χ3n) is 5.73. The smallest absolute Gasteiger partial charge is 0.0746 e. The van der Waals surface area contributed by atoms with Gasteiger partial charge in [-0.25, -0.2) is 0 Å². The number of hydrogen-bond donors (Lipinski definition) is 3. The monoisotopic (exact) mass is 342 g/mol. The first-order valence-electron chi connectivity index (χ1n) is 9.58. The Morgan fingerprint density at radius 1 is 1.21 bits per heavy atom. The van der Waals surface area contributed by atoms with E-state index in [0.29, 0.717) is 18.1 Å². The number of hydrogen-bond acceptors (Lipinski definition) is 6. The molecule has 2 fully saturated rings. The number of ether oxygens (including phenoxy) is 1. The summed E-state index contributed by atoms with van der Waals surface area (Å²) in [6.45, 7) is 11.5. The van der Waals surface area contributed by atoms with Crippen molar-refractivity contribution in [3.05, 3.63) is 0 Å². The lowest BCUT2D eigenvalue weighted by Gasteiger charge is -2.40. The van der Waals surface area contributed by atoms with Crippen LogP contribution in [0.15, 0.2) is 0 Å². The number of nitrogens with one attached hydrogen (secondary N) is 1. The quantitative estimate of drug-likeness (QED) is 0.616. The third kappa shape index (κ3) is 5.64. The lowest BCUT2D eigenvalue weighted by molar-refractivity contribution is 0.0118. The normalized spacial score (nSPS) is 34.6. The number of methoxy groups -OCH3 is 1. The molecule has 0 spiro atoms. The van der Waals surface area contributed by atoms with Crippen LogP contribution in [0.1, 0.15) is 40.0 Å². The molecule has 4 N–H and O–H groups in total. The van der Waals surface area contributed by atoms with E-state index < -0.39 is 0 Å². The minimum Gasteiger partial charge on any atom is -0.392 e. The number of aliphatic hydroxyl groups is 1. The van der Waals surface area contributed by atoms with Crippen molar-refractivity contribution in [1.82, 2.24) is 15.1 Å². The van der Waals surface area contributed by atoms with E-state index in [1.165, 1.54) is 0 Å². The van der Waals surface area contributed by atoms with Gasteiger partial charge in [0, 0.05) is 57.5 Å². The van der Waals surface area contributed by atoms with Crippen molar-refractivity contribution in [1.29, 1.82) is 0 Å². The highest BCUT2D eigenvalue weighted by molar-refractivity contribution is 4.87. The molecule has 2 aliphatic heterocycles. The van der Waals surface area contributed by atoms with E-state index >= 15 is 0 Å². The Morgan fingerprint density at radius 3 is 2.58 bits per heavy atom. The van der Waals surface area contributed by atoms with Crippen LogP contribution in [0.5, 0.6) is 0 Å². The second kappa shape index (κ2) is 9.46. The average Bonchev–Trinajstić information content (AvgIpc) is 2.54. The van der Waals surface area contributed by atoms with E-state index in [1.54, 1.807) is 7.11 Å². The summed E-state index contributed by atoms with van der Waals surface area (Å²) in [4.78, 5) is 4.85. The van der Waals surface area contributed by atoms with Crippen molar-refractivity contribution in [2.45, 2.75) is 76.4 Å². The summed E-state index contributed by atoms with van der Waals surface area (Å²) in [5, 5.41) is 13.7. The number of nitrogens with two attached hydrogens (primary N) is 1. The van der Waals surface area contributed by atoms with Crippen molar-refractivity contribution < 1.29 is 9.84 Å². The zero-order valence-electron chi connectivity index (χ0n) is 15.9. The summed E-state index contributed by atoms with van der Waals surface area (Å²) in [5.74, 6) is 0. The van der Waals surface area contributed by atoms with E-state index in [0.717, 1.165) is 52.0 Å². The van der Waals surface area contributed by atoms with Crippen LogP contribution in [-0.2, 0) is 4.74 Å². The molecule has 0 aromatic heterocycles. The Kier molecular flexibility index (Phi) is 7.91. The Hall–Kier alpha value is -0.240. The Morgan fingerprint density at radius 2 is 1.96 bits per heavy atom. The molecule has 2 aliphatic rings. The van der Waals surface area contributed by atoms with E-state index in [-0.39, 0.29) is 18.2 Å². The summed E-state index contributed by atoms with van der Waals surface area (Å²) in [5.41, 5.74) is 6.21. The van der Waals surface area contributed by atoms with Gasteiger partial charge in [-0.3, -0.25) is 9.80 Å². The van der Waals surface area contributed by atoms with Crippen LogP contribution in [0.25, 0.3) is 0 Å². The zero-order chi connectivity index (χ0) is 17.7. The first kappa shape index (κ1) is 20.1. The van der Waals surface area contributed by atoms with Crippen molar-refractivity contribution in [3.63, 3.8) is 0 Å². The van der Waals surface area contributed by atoms with Crippen molar-refractivity contribution >= 4 is 0 Å².